The molecule has 9 nitrogen and oxygen atoms in total. The number of likely N-dealkylation sites (tertiary alicyclic amines) is 2. The monoisotopic (exact) mass is 438 g/mol. The Morgan fingerprint density at radius 3 is 2.38 bits per heavy atom. The van der Waals surface area contributed by atoms with Crippen molar-refractivity contribution in [2.75, 3.05) is 39.3 Å². The second-order valence-electron chi connectivity index (χ2n) is 9.30. The van der Waals surface area contributed by atoms with Crippen molar-refractivity contribution < 1.29 is 14.6 Å². The number of nitrogens with zero attached hydrogens (tertiary/aromatic N) is 6. The van der Waals surface area contributed by atoms with E-state index in [-0.39, 0.29) is 5.97 Å². The summed E-state index contributed by atoms with van der Waals surface area (Å²) in [6.45, 7) is 6.99. The van der Waals surface area contributed by atoms with E-state index in [2.05, 4.69) is 25.3 Å². The van der Waals surface area contributed by atoms with E-state index in [0.717, 1.165) is 61.5 Å². The maximum Gasteiger partial charge on any atom is 0.335 e. The lowest BCUT2D eigenvalue weighted by atomic mass is 9.71. The fraction of sp³-hybridized carbons (Fsp3) is 0.565. The summed E-state index contributed by atoms with van der Waals surface area (Å²) < 4.78 is 6.78. The Morgan fingerprint density at radius 1 is 1.09 bits per heavy atom. The van der Waals surface area contributed by atoms with Gasteiger partial charge in [-0.2, -0.15) is 0 Å². The summed E-state index contributed by atoms with van der Waals surface area (Å²) >= 11 is 0. The molecule has 1 atom stereocenters. The maximum absolute atomic E-state index is 11.7. The van der Waals surface area contributed by atoms with Crippen LogP contribution in [0.1, 0.15) is 44.3 Å². The summed E-state index contributed by atoms with van der Waals surface area (Å²) in [4.78, 5) is 16.4. The van der Waals surface area contributed by atoms with E-state index in [4.69, 9.17) is 4.74 Å². The van der Waals surface area contributed by atoms with Crippen LogP contribution in [-0.2, 0) is 9.53 Å². The van der Waals surface area contributed by atoms with Crippen LogP contribution in [0, 0.1) is 5.41 Å². The average Bonchev–Trinajstić information content (AvgIpc) is 3.47. The zero-order valence-corrected chi connectivity index (χ0v) is 18.5. The van der Waals surface area contributed by atoms with Crippen molar-refractivity contribution in [3.8, 4) is 5.69 Å². The summed E-state index contributed by atoms with van der Waals surface area (Å²) in [6.07, 6.45) is 5.69. The number of β-amino-alcohol motifs (C(OH)–C–C–N with tert-alkyl or cyclic N) is 1. The Morgan fingerprint density at radius 2 is 1.78 bits per heavy atom. The van der Waals surface area contributed by atoms with Gasteiger partial charge >= 0.3 is 5.97 Å². The van der Waals surface area contributed by atoms with Gasteiger partial charge in [0.25, 0.3) is 0 Å². The van der Waals surface area contributed by atoms with Gasteiger partial charge in [0.2, 0.25) is 0 Å². The number of aliphatic hydroxyl groups is 1. The second kappa shape index (κ2) is 8.63. The van der Waals surface area contributed by atoms with Crippen LogP contribution in [0.3, 0.4) is 0 Å². The molecule has 32 heavy (non-hydrogen) atoms. The molecule has 0 amide bonds. The van der Waals surface area contributed by atoms with Crippen molar-refractivity contribution in [1.29, 1.82) is 0 Å². The summed E-state index contributed by atoms with van der Waals surface area (Å²) in [5.41, 5.74) is 4.03. The first kappa shape index (κ1) is 21.1. The van der Waals surface area contributed by atoms with Crippen molar-refractivity contribution >= 4 is 5.97 Å². The number of tetrazole rings is 1. The molecule has 2 saturated heterocycles. The van der Waals surface area contributed by atoms with Crippen LogP contribution < -0.4 is 0 Å². The highest BCUT2D eigenvalue weighted by atomic mass is 16.5. The van der Waals surface area contributed by atoms with Crippen molar-refractivity contribution in [3.05, 3.63) is 47.4 Å². The Kier molecular flexibility index (Phi) is 5.69. The number of carbonyl (C=O) groups excluding carboxylic acids is 1. The number of carbonyl (C=O) groups is 1. The molecule has 2 aromatic rings. The Hall–Kier alpha value is -2.78. The highest BCUT2D eigenvalue weighted by molar-refractivity contribution is 5.90. The van der Waals surface area contributed by atoms with Gasteiger partial charge in [0.1, 0.15) is 12.9 Å². The van der Waals surface area contributed by atoms with Crippen LogP contribution in [0.4, 0.5) is 0 Å². The molecule has 9 heteroatoms. The van der Waals surface area contributed by atoms with Gasteiger partial charge in [-0.1, -0.05) is 12.1 Å². The second-order valence-corrected chi connectivity index (χ2v) is 9.30. The Labute approximate surface area is 187 Å². The molecule has 1 N–H and O–H groups in total. The van der Waals surface area contributed by atoms with Gasteiger partial charge in [-0.15, -0.1) is 5.10 Å². The third-order valence-electron chi connectivity index (χ3n) is 7.52. The minimum Gasteiger partial charge on any atom is -0.456 e. The fourth-order valence-electron chi connectivity index (χ4n) is 5.24. The normalized spacial score (nSPS) is 22.4. The number of hydrogen-bond donors (Lipinski definition) is 1. The van der Waals surface area contributed by atoms with Crippen LogP contribution in [0.25, 0.3) is 5.69 Å². The third-order valence-corrected chi connectivity index (χ3v) is 7.52. The Balaban J connectivity index is 1.12. The predicted octanol–water partition coefficient (Wildman–Crippen LogP) is 1.70. The topological polar surface area (TPSA) is 96.6 Å². The summed E-state index contributed by atoms with van der Waals surface area (Å²) in [7, 11) is 0. The lowest BCUT2D eigenvalue weighted by Crippen LogP contribution is -2.47. The van der Waals surface area contributed by atoms with E-state index in [1.165, 1.54) is 12.8 Å². The molecule has 2 fully saturated rings. The zero-order valence-electron chi connectivity index (χ0n) is 18.5. The van der Waals surface area contributed by atoms with Gasteiger partial charge in [-0.25, -0.2) is 9.48 Å². The molecule has 4 heterocycles. The van der Waals surface area contributed by atoms with E-state index < -0.39 is 6.10 Å². The van der Waals surface area contributed by atoms with E-state index in [0.29, 0.717) is 18.6 Å². The minimum absolute atomic E-state index is 0.169. The standard InChI is InChI=1S/C23H30N6O3/c1-17-20(15-32-22(17)31)28-12-8-23(9-13-28)6-10-27(11-7-23)14-21(30)18-2-4-19(5-3-18)29-16-24-25-26-29/h2-5,16,21,30H,6-15H2,1H3/t21-/m0/s1. The van der Waals surface area contributed by atoms with Crippen LogP contribution in [0.15, 0.2) is 41.9 Å². The number of aliphatic hydroxyl groups excluding tert-OH is 1. The third kappa shape index (κ3) is 4.14. The van der Waals surface area contributed by atoms with Crippen molar-refractivity contribution in [1.82, 2.24) is 30.0 Å². The first-order valence-electron chi connectivity index (χ1n) is 11.4. The minimum atomic E-state index is -0.511. The number of rotatable bonds is 5. The highest BCUT2D eigenvalue weighted by Gasteiger charge is 2.39. The molecule has 170 valence electrons. The van der Waals surface area contributed by atoms with E-state index in [1.807, 2.05) is 31.2 Å². The van der Waals surface area contributed by atoms with Crippen LogP contribution >= 0.6 is 0 Å². The van der Waals surface area contributed by atoms with E-state index in [1.54, 1.807) is 11.0 Å². The molecule has 0 radical (unpaired) electrons. The van der Waals surface area contributed by atoms with Gasteiger partial charge in [0.15, 0.2) is 0 Å². The average molecular weight is 439 g/mol. The van der Waals surface area contributed by atoms with Gasteiger partial charge in [0, 0.05) is 19.6 Å². The SMILES string of the molecule is CC1=C(N2CCC3(CCN(C[C@H](O)c4ccc(-n5cnnn5)cc4)CC3)CC2)COC1=O. The number of cyclic esters (lactones) is 1. The molecule has 5 rings (SSSR count). The zero-order chi connectivity index (χ0) is 22.1. The van der Waals surface area contributed by atoms with Crippen molar-refractivity contribution in [2.45, 2.75) is 38.7 Å². The van der Waals surface area contributed by atoms with E-state index in [9.17, 15) is 9.90 Å². The van der Waals surface area contributed by atoms with Gasteiger partial charge in [-0.05, 0) is 79.2 Å². The first-order chi connectivity index (χ1) is 15.5. The van der Waals surface area contributed by atoms with Gasteiger partial charge in [-0.3, -0.25) is 0 Å². The molecule has 1 spiro atoms. The summed E-state index contributed by atoms with van der Waals surface area (Å²) in [5, 5.41) is 22.0. The smallest absolute Gasteiger partial charge is 0.335 e. The molecule has 3 aliphatic heterocycles. The highest BCUT2D eigenvalue weighted by Crippen LogP contribution is 2.42. The summed E-state index contributed by atoms with van der Waals surface area (Å²) in [5.74, 6) is -0.169. The van der Waals surface area contributed by atoms with Gasteiger partial charge < -0.3 is 19.6 Å². The molecule has 0 bridgehead atoms. The quantitative estimate of drug-likeness (QED) is 0.705. The molecule has 1 aromatic carbocycles. The van der Waals surface area contributed by atoms with Crippen molar-refractivity contribution in [2.24, 2.45) is 5.41 Å². The fourth-order valence-corrected chi connectivity index (χ4v) is 5.24. The summed E-state index contributed by atoms with van der Waals surface area (Å²) in [6, 6.07) is 7.73. The van der Waals surface area contributed by atoms with Crippen LogP contribution in [0.5, 0.6) is 0 Å². The number of esters is 1. The number of aromatic nitrogens is 4. The lowest BCUT2D eigenvalue weighted by molar-refractivity contribution is -0.136. The van der Waals surface area contributed by atoms with Gasteiger partial charge in [0.05, 0.1) is 23.1 Å². The Bertz CT molecular complexity index is 970. The molecule has 3 aliphatic rings. The van der Waals surface area contributed by atoms with Crippen molar-refractivity contribution in [3.63, 3.8) is 0 Å². The first-order valence-corrected chi connectivity index (χ1v) is 11.4. The molecule has 0 saturated carbocycles. The largest absolute Gasteiger partial charge is 0.456 e. The molecule has 0 unspecified atom stereocenters. The van der Waals surface area contributed by atoms with Crippen LogP contribution in [0.2, 0.25) is 0 Å². The number of ether oxygens (including phenoxy) is 1. The molecular weight excluding hydrogens is 408 g/mol. The van der Waals surface area contributed by atoms with Crippen LogP contribution in [-0.4, -0.2) is 80.4 Å². The molecule has 1 aromatic heterocycles. The number of benzene rings is 1. The maximum atomic E-state index is 11.7. The predicted molar refractivity (Wildman–Crippen MR) is 117 cm³/mol. The number of hydrogen-bond acceptors (Lipinski definition) is 8. The number of piperidine rings is 2. The van der Waals surface area contributed by atoms with E-state index >= 15 is 0 Å². The lowest BCUT2D eigenvalue weighted by Gasteiger charge is -2.47. The molecular formula is C23H30N6O3. The molecule has 0 aliphatic carbocycles.